The van der Waals surface area contributed by atoms with Crippen molar-refractivity contribution < 1.29 is 14.3 Å². The second kappa shape index (κ2) is 13.0. The second-order valence-corrected chi connectivity index (χ2v) is 6.41. The Labute approximate surface area is 168 Å². The summed E-state index contributed by atoms with van der Waals surface area (Å²) in [4.78, 5) is 14.1. The number of amides is 1. The van der Waals surface area contributed by atoms with E-state index in [4.69, 9.17) is 9.47 Å². The normalized spacial score (nSPS) is 15.8. The maximum Gasteiger partial charge on any atom is 0.221 e. The molecule has 0 radical (unpaired) electrons. The van der Waals surface area contributed by atoms with Gasteiger partial charge in [-0.3, -0.25) is 4.79 Å². The van der Waals surface area contributed by atoms with Gasteiger partial charge < -0.3 is 25.0 Å². The van der Waals surface area contributed by atoms with Crippen molar-refractivity contribution in [2.24, 2.45) is 0 Å². The van der Waals surface area contributed by atoms with Crippen LogP contribution in [-0.2, 0) is 11.3 Å². The number of ether oxygens (including phenoxy) is 2. The van der Waals surface area contributed by atoms with Crippen LogP contribution in [-0.4, -0.2) is 57.8 Å². The smallest absolute Gasteiger partial charge is 0.221 e. The lowest BCUT2D eigenvalue weighted by molar-refractivity contribution is -0.121. The number of nitrogens with one attached hydrogen (secondary N) is 2. The summed E-state index contributed by atoms with van der Waals surface area (Å²) in [5, 5.41) is 6.31. The molecule has 1 saturated heterocycles. The van der Waals surface area contributed by atoms with Gasteiger partial charge in [0.05, 0.1) is 7.11 Å². The minimum Gasteiger partial charge on any atom is -0.493 e. The molecule has 1 aliphatic heterocycles. The molecule has 1 amide bonds. The molecule has 8 heteroatoms. The van der Waals surface area contributed by atoms with Gasteiger partial charge in [-0.05, 0) is 51.2 Å². The maximum atomic E-state index is 12.0. The Kier molecular flexibility index (Phi) is 12.4. The van der Waals surface area contributed by atoms with Crippen LogP contribution >= 0.6 is 24.8 Å². The first-order chi connectivity index (χ1) is 11.6. The molecule has 2 N–H and O–H groups in total. The summed E-state index contributed by atoms with van der Waals surface area (Å²) in [6.45, 7) is 2.97. The van der Waals surface area contributed by atoms with Crippen LogP contribution in [0.2, 0.25) is 0 Å². The van der Waals surface area contributed by atoms with Gasteiger partial charge in [-0.25, -0.2) is 0 Å². The average molecular weight is 408 g/mol. The highest BCUT2D eigenvalue weighted by Crippen LogP contribution is 2.28. The fraction of sp³-hybridized carbons (Fsp3) is 0.611. The number of nitrogens with zero attached hydrogens (tertiary/aromatic N) is 1. The van der Waals surface area contributed by atoms with Gasteiger partial charge >= 0.3 is 0 Å². The Morgan fingerprint density at radius 1 is 1.31 bits per heavy atom. The maximum absolute atomic E-state index is 12.0. The van der Waals surface area contributed by atoms with Crippen molar-refractivity contribution in [2.75, 3.05) is 40.9 Å². The number of halogens is 2. The van der Waals surface area contributed by atoms with Gasteiger partial charge in [-0.2, -0.15) is 0 Å². The standard InChI is InChI=1S/C18H29N3O3.2ClH/c1-21(2)9-10-24-16-7-6-14(11-17(16)23-3)13-20-18(22)12-15-5-4-8-19-15;;/h6-7,11,15,19H,4-5,8-10,12-13H2,1-3H3,(H,20,22);2*1H. The lowest BCUT2D eigenvalue weighted by Gasteiger charge is -2.15. The predicted molar refractivity (Wildman–Crippen MR) is 109 cm³/mol. The summed E-state index contributed by atoms with van der Waals surface area (Å²) in [5.41, 5.74) is 1.000. The van der Waals surface area contributed by atoms with Crippen molar-refractivity contribution in [3.8, 4) is 11.5 Å². The zero-order valence-electron chi connectivity index (χ0n) is 15.7. The van der Waals surface area contributed by atoms with E-state index in [0.717, 1.165) is 37.2 Å². The summed E-state index contributed by atoms with van der Waals surface area (Å²) in [6, 6.07) is 6.10. The summed E-state index contributed by atoms with van der Waals surface area (Å²) in [6.07, 6.45) is 2.79. The quantitative estimate of drug-likeness (QED) is 0.656. The Morgan fingerprint density at radius 2 is 2.08 bits per heavy atom. The Hall–Kier alpha value is -1.21. The van der Waals surface area contributed by atoms with E-state index in [9.17, 15) is 4.79 Å². The van der Waals surface area contributed by atoms with Crippen LogP contribution in [0.25, 0.3) is 0 Å². The molecule has 26 heavy (non-hydrogen) atoms. The van der Waals surface area contributed by atoms with E-state index in [0.29, 0.717) is 31.4 Å². The minimum absolute atomic E-state index is 0. The number of likely N-dealkylation sites (N-methyl/N-ethyl adjacent to an activating group) is 1. The molecule has 1 unspecified atom stereocenters. The topological polar surface area (TPSA) is 62.8 Å². The average Bonchev–Trinajstić information content (AvgIpc) is 3.06. The van der Waals surface area contributed by atoms with Gasteiger partial charge in [0.15, 0.2) is 11.5 Å². The van der Waals surface area contributed by atoms with E-state index in [1.807, 2.05) is 32.3 Å². The molecule has 1 fully saturated rings. The molecule has 0 aromatic heterocycles. The van der Waals surface area contributed by atoms with Crippen LogP contribution < -0.4 is 20.1 Å². The molecule has 2 rings (SSSR count). The molecule has 0 spiro atoms. The first-order valence-corrected chi connectivity index (χ1v) is 8.53. The number of methoxy groups -OCH3 is 1. The van der Waals surface area contributed by atoms with Crippen molar-refractivity contribution in [3.05, 3.63) is 23.8 Å². The highest BCUT2D eigenvalue weighted by atomic mass is 35.5. The molecule has 0 saturated carbocycles. The van der Waals surface area contributed by atoms with Crippen molar-refractivity contribution in [1.29, 1.82) is 0 Å². The molecule has 1 aliphatic rings. The van der Waals surface area contributed by atoms with E-state index < -0.39 is 0 Å². The van der Waals surface area contributed by atoms with Gasteiger partial charge in [-0.1, -0.05) is 6.07 Å². The van der Waals surface area contributed by atoms with Crippen LogP contribution in [0.3, 0.4) is 0 Å². The van der Waals surface area contributed by atoms with E-state index in [2.05, 4.69) is 15.5 Å². The fourth-order valence-corrected chi connectivity index (χ4v) is 2.71. The summed E-state index contributed by atoms with van der Waals surface area (Å²) in [5.74, 6) is 1.50. The third-order valence-electron chi connectivity index (χ3n) is 4.11. The largest absolute Gasteiger partial charge is 0.493 e. The second-order valence-electron chi connectivity index (χ2n) is 6.41. The Morgan fingerprint density at radius 3 is 2.69 bits per heavy atom. The molecule has 1 aromatic rings. The van der Waals surface area contributed by atoms with Gasteiger partial charge in [0.1, 0.15) is 6.61 Å². The molecule has 1 aromatic carbocycles. The van der Waals surface area contributed by atoms with Crippen molar-refractivity contribution in [3.63, 3.8) is 0 Å². The molecule has 0 bridgehead atoms. The Bertz CT molecular complexity index is 538. The number of benzene rings is 1. The molecule has 6 nitrogen and oxygen atoms in total. The van der Waals surface area contributed by atoms with Crippen LogP contribution in [0, 0.1) is 0 Å². The summed E-state index contributed by atoms with van der Waals surface area (Å²) in [7, 11) is 5.64. The van der Waals surface area contributed by atoms with Crippen LogP contribution in [0.1, 0.15) is 24.8 Å². The zero-order valence-corrected chi connectivity index (χ0v) is 17.4. The van der Waals surface area contributed by atoms with Gasteiger partial charge in [-0.15, -0.1) is 24.8 Å². The van der Waals surface area contributed by atoms with E-state index >= 15 is 0 Å². The SMILES string of the molecule is COc1cc(CNC(=O)CC2CCCN2)ccc1OCCN(C)C.Cl.Cl. The molecule has 1 heterocycles. The number of hydrogen-bond donors (Lipinski definition) is 2. The molecular formula is C18H31Cl2N3O3. The molecule has 150 valence electrons. The van der Waals surface area contributed by atoms with Gasteiger partial charge in [0.2, 0.25) is 5.91 Å². The fourth-order valence-electron chi connectivity index (χ4n) is 2.71. The van der Waals surface area contributed by atoms with Crippen LogP contribution in [0.5, 0.6) is 11.5 Å². The third kappa shape index (κ3) is 8.45. The number of rotatable bonds is 9. The monoisotopic (exact) mass is 407 g/mol. The number of hydrogen-bond acceptors (Lipinski definition) is 5. The van der Waals surface area contributed by atoms with Crippen LogP contribution in [0.15, 0.2) is 18.2 Å². The minimum atomic E-state index is 0. The predicted octanol–water partition coefficient (Wildman–Crippen LogP) is 2.24. The molecule has 0 aliphatic carbocycles. The molecular weight excluding hydrogens is 377 g/mol. The lowest BCUT2D eigenvalue weighted by atomic mass is 10.1. The van der Waals surface area contributed by atoms with E-state index in [-0.39, 0.29) is 30.7 Å². The first-order valence-electron chi connectivity index (χ1n) is 8.53. The Balaban J connectivity index is 0.00000312. The summed E-state index contributed by atoms with van der Waals surface area (Å²) < 4.78 is 11.1. The van der Waals surface area contributed by atoms with E-state index in [1.54, 1.807) is 7.11 Å². The number of carbonyl (C=O) groups is 1. The third-order valence-corrected chi connectivity index (χ3v) is 4.11. The van der Waals surface area contributed by atoms with Crippen LogP contribution in [0.4, 0.5) is 0 Å². The number of carbonyl (C=O) groups excluding carboxylic acids is 1. The van der Waals surface area contributed by atoms with Gasteiger partial charge in [0.25, 0.3) is 0 Å². The lowest BCUT2D eigenvalue weighted by Crippen LogP contribution is -2.31. The van der Waals surface area contributed by atoms with Crippen molar-refractivity contribution in [2.45, 2.75) is 31.8 Å². The zero-order chi connectivity index (χ0) is 17.4. The summed E-state index contributed by atoms with van der Waals surface area (Å²) >= 11 is 0. The van der Waals surface area contributed by atoms with Crippen molar-refractivity contribution >= 4 is 30.7 Å². The van der Waals surface area contributed by atoms with Crippen molar-refractivity contribution in [1.82, 2.24) is 15.5 Å². The van der Waals surface area contributed by atoms with E-state index in [1.165, 1.54) is 0 Å². The first kappa shape index (κ1) is 24.8. The van der Waals surface area contributed by atoms with Gasteiger partial charge in [0, 0.05) is 25.6 Å². The highest BCUT2D eigenvalue weighted by molar-refractivity contribution is 5.85. The molecule has 1 atom stereocenters. The highest BCUT2D eigenvalue weighted by Gasteiger charge is 2.17.